The van der Waals surface area contributed by atoms with Crippen molar-refractivity contribution in [3.8, 4) is 0 Å². The Labute approximate surface area is 88.4 Å². The van der Waals surface area contributed by atoms with Gasteiger partial charge in [0.15, 0.2) is 0 Å². The van der Waals surface area contributed by atoms with Crippen LogP contribution in [0.1, 0.15) is 10.4 Å². The number of nitrogens with zero attached hydrogens (tertiary/aromatic N) is 1. The first kappa shape index (κ1) is 10.2. The summed E-state index contributed by atoms with van der Waals surface area (Å²) in [5.41, 5.74) is -0.522. The van der Waals surface area contributed by atoms with Crippen molar-refractivity contribution < 1.29 is 14.3 Å². The molecular weight excluding hydrogens is 214 g/mol. The SMILES string of the molecule is Cn1c(=O)oc(=O)c2cc(C(=O)O)ccc21. The lowest BCUT2D eigenvalue weighted by Crippen LogP contribution is -2.22. The summed E-state index contributed by atoms with van der Waals surface area (Å²) in [6.07, 6.45) is 0. The van der Waals surface area contributed by atoms with E-state index in [1.54, 1.807) is 0 Å². The maximum Gasteiger partial charge on any atom is 0.422 e. The molecule has 0 atom stereocenters. The van der Waals surface area contributed by atoms with Gasteiger partial charge >= 0.3 is 17.4 Å². The minimum Gasteiger partial charge on any atom is -0.478 e. The second-order valence-corrected chi connectivity index (χ2v) is 3.25. The summed E-state index contributed by atoms with van der Waals surface area (Å²) in [7, 11) is 1.44. The Balaban J connectivity index is 2.96. The smallest absolute Gasteiger partial charge is 0.422 e. The highest BCUT2D eigenvalue weighted by molar-refractivity contribution is 5.92. The van der Waals surface area contributed by atoms with Gasteiger partial charge in [0.2, 0.25) is 0 Å². The summed E-state index contributed by atoms with van der Waals surface area (Å²) in [5, 5.41) is 8.83. The molecule has 0 bridgehead atoms. The van der Waals surface area contributed by atoms with E-state index >= 15 is 0 Å². The highest BCUT2D eigenvalue weighted by Crippen LogP contribution is 2.10. The Morgan fingerprint density at radius 2 is 2.06 bits per heavy atom. The molecular formula is C10H7NO5. The number of benzene rings is 1. The Hall–Kier alpha value is -2.37. The summed E-state index contributed by atoms with van der Waals surface area (Å²) in [6.45, 7) is 0. The highest BCUT2D eigenvalue weighted by atomic mass is 16.4. The first-order valence-electron chi connectivity index (χ1n) is 4.38. The molecule has 2 rings (SSSR count). The van der Waals surface area contributed by atoms with Crippen LogP contribution in [0.25, 0.3) is 10.9 Å². The van der Waals surface area contributed by atoms with Crippen LogP contribution in [0.3, 0.4) is 0 Å². The fourth-order valence-corrected chi connectivity index (χ4v) is 1.43. The molecule has 6 nitrogen and oxygen atoms in total. The Morgan fingerprint density at radius 1 is 1.38 bits per heavy atom. The van der Waals surface area contributed by atoms with Crippen LogP contribution in [0.15, 0.2) is 32.2 Å². The summed E-state index contributed by atoms with van der Waals surface area (Å²) in [5.74, 6) is -1.92. The van der Waals surface area contributed by atoms with Crippen LogP contribution in [-0.4, -0.2) is 15.6 Å². The van der Waals surface area contributed by atoms with Gasteiger partial charge in [-0.3, -0.25) is 4.57 Å². The number of fused-ring (bicyclic) bond motifs is 1. The lowest BCUT2D eigenvalue weighted by atomic mass is 10.1. The monoisotopic (exact) mass is 221 g/mol. The third-order valence-corrected chi connectivity index (χ3v) is 2.28. The summed E-state index contributed by atoms with van der Waals surface area (Å²) in [6, 6.07) is 3.91. The van der Waals surface area contributed by atoms with Crippen LogP contribution in [0.2, 0.25) is 0 Å². The Morgan fingerprint density at radius 3 is 2.69 bits per heavy atom. The van der Waals surface area contributed by atoms with Crippen molar-refractivity contribution in [1.29, 1.82) is 0 Å². The van der Waals surface area contributed by atoms with Gasteiger partial charge in [-0.05, 0) is 18.2 Å². The van der Waals surface area contributed by atoms with Gasteiger partial charge in [-0.25, -0.2) is 14.4 Å². The van der Waals surface area contributed by atoms with Crippen LogP contribution in [0, 0.1) is 0 Å². The molecule has 0 saturated heterocycles. The van der Waals surface area contributed by atoms with Crippen LogP contribution < -0.4 is 11.4 Å². The van der Waals surface area contributed by atoms with Gasteiger partial charge in [-0.2, -0.15) is 0 Å². The zero-order valence-electron chi connectivity index (χ0n) is 8.26. The molecule has 0 spiro atoms. The van der Waals surface area contributed by atoms with Crippen LogP contribution in [-0.2, 0) is 7.05 Å². The molecule has 82 valence electrons. The zero-order chi connectivity index (χ0) is 11.9. The van der Waals surface area contributed by atoms with Gasteiger partial charge in [0, 0.05) is 7.05 Å². The second-order valence-electron chi connectivity index (χ2n) is 3.25. The number of rotatable bonds is 1. The predicted molar refractivity (Wildman–Crippen MR) is 54.7 cm³/mol. The van der Waals surface area contributed by atoms with E-state index in [-0.39, 0.29) is 10.9 Å². The number of hydrogen-bond donors (Lipinski definition) is 1. The quantitative estimate of drug-likeness (QED) is 0.742. The van der Waals surface area contributed by atoms with Crippen LogP contribution >= 0.6 is 0 Å². The summed E-state index contributed by atoms with van der Waals surface area (Å²) in [4.78, 5) is 33.2. The van der Waals surface area contributed by atoms with E-state index < -0.39 is 17.4 Å². The maximum atomic E-state index is 11.4. The molecule has 1 heterocycles. The minimum atomic E-state index is -1.14. The largest absolute Gasteiger partial charge is 0.478 e. The van der Waals surface area contributed by atoms with E-state index in [4.69, 9.17) is 5.11 Å². The van der Waals surface area contributed by atoms with Gasteiger partial charge in [0.1, 0.15) is 0 Å². The normalized spacial score (nSPS) is 10.6. The summed E-state index contributed by atoms with van der Waals surface area (Å²) < 4.78 is 5.56. The molecule has 0 fully saturated rings. The van der Waals surface area contributed by atoms with E-state index in [0.717, 1.165) is 4.57 Å². The molecule has 1 N–H and O–H groups in total. The van der Waals surface area contributed by atoms with E-state index in [0.29, 0.717) is 5.52 Å². The molecule has 0 aliphatic rings. The molecule has 1 aromatic carbocycles. The second kappa shape index (κ2) is 3.34. The van der Waals surface area contributed by atoms with Gasteiger partial charge in [0.05, 0.1) is 16.5 Å². The topological polar surface area (TPSA) is 89.5 Å². The van der Waals surface area contributed by atoms with E-state index in [9.17, 15) is 14.4 Å². The number of hydrogen-bond acceptors (Lipinski definition) is 4. The average molecular weight is 221 g/mol. The predicted octanol–water partition coefficient (Wildman–Crippen LogP) is 0.190. The summed E-state index contributed by atoms with van der Waals surface area (Å²) >= 11 is 0. The Bertz CT molecular complexity index is 694. The molecule has 0 saturated carbocycles. The zero-order valence-corrected chi connectivity index (χ0v) is 8.26. The molecule has 16 heavy (non-hydrogen) atoms. The number of carbonyl (C=O) groups is 1. The first-order chi connectivity index (χ1) is 7.50. The molecule has 6 heteroatoms. The van der Waals surface area contributed by atoms with Crippen molar-refractivity contribution in [2.75, 3.05) is 0 Å². The molecule has 0 unspecified atom stereocenters. The Kier molecular flexibility index (Phi) is 2.12. The molecule has 0 amide bonds. The lowest BCUT2D eigenvalue weighted by molar-refractivity contribution is 0.0697. The molecule has 0 aliphatic heterocycles. The van der Waals surface area contributed by atoms with Crippen LogP contribution in [0.5, 0.6) is 0 Å². The van der Waals surface area contributed by atoms with Crippen molar-refractivity contribution in [3.63, 3.8) is 0 Å². The number of aromatic carboxylic acids is 1. The average Bonchev–Trinajstić information content (AvgIpc) is 2.25. The standard InChI is InChI=1S/C10H7NO5/c1-11-7-3-2-5(8(12)13)4-6(7)9(14)16-10(11)15/h2-4H,1H3,(H,12,13). The number of carboxylic acids is 1. The van der Waals surface area contributed by atoms with Gasteiger partial charge in [-0.1, -0.05) is 0 Å². The number of aryl methyl sites for hydroxylation is 1. The third-order valence-electron chi connectivity index (χ3n) is 2.28. The van der Waals surface area contributed by atoms with Crippen molar-refractivity contribution in [1.82, 2.24) is 4.57 Å². The van der Waals surface area contributed by atoms with Crippen LogP contribution in [0.4, 0.5) is 0 Å². The fraction of sp³-hybridized carbons (Fsp3) is 0.100. The van der Waals surface area contributed by atoms with Crippen molar-refractivity contribution in [3.05, 3.63) is 44.7 Å². The number of aromatic nitrogens is 1. The van der Waals surface area contributed by atoms with E-state index in [1.165, 1.54) is 25.2 Å². The number of carboxylic acid groups (broad SMARTS) is 1. The molecule has 0 radical (unpaired) electrons. The lowest BCUT2D eigenvalue weighted by Gasteiger charge is -2.02. The molecule has 0 aliphatic carbocycles. The fourth-order valence-electron chi connectivity index (χ4n) is 1.43. The van der Waals surface area contributed by atoms with Gasteiger partial charge < -0.3 is 9.52 Å². The molecule has 2 aromatic rings. The van der Waals surface area contributed by atoms with Gasteiger partial charge in [-0.15, -0.1) is 0 Å². The van der Waals surface area contributed by atoms with Crippen molar-refractivity contribution in [2.45, 2.75) is 0 Å². The molecule has 1 aromatic heterocycles. The van der Waals surface area contributed by atoms with E-state index in [1.807, 2.05) is 0 Å². The van der Waals surface area contributed by atoms with Crippen molar-refractivity contribution >= 4 is 16.9 Å². The van der Waals surface area contributed by atoms with E-state index in [2.05, 4.69) is 4.42 Å². The maximum absolute atomic E-state index is 11.4. The minimum absolute atomic E-state index is 0.0292. The first-order valence-corrected chi connectivity index (χ1v) is 4.38. The van der Waals surface area contributed by atoms with Gasteiger partial charge in [0.25, 0.3) is 0 Å². The third kappa shape index (κ3) is 1.40. The highest BCUT2D eigenvalue weighted by Gasteiger charge is 2.10. The van der Waals surface area contributed by atoms with Crippen molar-refractivity contribution in [2.24, 2.45) is 7.05 Å².